The van der Waals surface area contributed by atoms with E-state index in [1.165, 1.54) is 19.3 Å². The quantitative estimate of drug-likeness (QED) is 0.763. The summed E-state index contributed by atoms with van der Waals surface area (Å²) in [5.74, 6) is 0.556. The normalized spacial score (nSPS) is 21.8. The Morgan fingerprint density at radius 1 is 1.19 bits per heavy atom. The second-order valence-electron chi connectivity index (χ2n) is 5.00. The molecule has 4 heteroatoms. The van der Waals surface area contributed by atoms with E-state index in [0.29, 0.717) is 23.5 Å². The van der Waals surface area contributed by atoms with Gasteiger partial charge in [0, 0.05) is 12.0 Å². The lowest BCUT2D eigenvalue weighted by Crippen LogP contribution is -2.47. The molecule has 0 aromatic carbocycles. The Kier molecular flexibility index (Phi) is 3.79. The molecule has 2 rings (SSSR count). The first kappa shape index (κ1) is 11.8. The smallest absolute Gasteiger partial charge is 0.226 e. The van der Waals surface area contributed by atoms with Crippen molar-refractivity contribution in [1.82, 2.24) is 4.90 Å². The van der Waals surface area contributed by atoms with Crippen molar-refractivity contribution < 1.29 is 4.79 Å². The SMILES string of the molecule is NC(=S)CN(C(=O)C1CCC1)C1CCCC1. The van der Waals surface area contributed by atoms with E-state index in [9.17, 15) is 4.79 Å². The molecule has 2 aliphatic rings. The van der Waals surface area contributed by atoms with Crippen molar-refractivity contribution in [3.8, 4) is 0 Å². The zero-order chi connectivity index (χ0) is 11.5. The minimum Gasteiger partial charge on any atom is -0.392 e. The maximum atomic E-state index is 12.3. The maximum absolute atomic E-state index is 12.3. The molecule has 0 aliphatic heterocycles. The van der Waals surface area contributed by atoms with Gasteiger partial charge in [0.05, 0.1) is 11.5 Å². The Hall–Kier alpha value is -0.640. The highest BCUT2D eigenvalue weighted by molar-refractivity contribution is 7.80. The van der Waals surface area contributed by atoms with Crippen LogP contribution in [-0.2, 0) is 4.79 Å². The predicted octanol–water partition coefficient (Wildman–Crippen LogP) is 1.84. The van der Waals surface area contributed by atoms with Gasteiger partial charge >= 0.3 is 0 Å². The third kappa shape index (κ3) is 2.54. The topological polar surface area (TPSA) is 46.3 Å². The van der Waals surface area contributed by atoms with Crippen LogP contribution in [0.4, 0.5) is 0 Å². The van der Waals surface area contributed by atoms with Crippen molar-refractivity contribution in [3.63, 3.8) is 0 Å². The lowest BCUT2D eigenvalue weighted by Gasteiger charge is -2.35. The van der Waals surface area contributed by atoms with Crippen LogP contribution in [0.1, 0.15) is 44.9 Å². The zero-order valence-electron chi connectivity index (χ0n) is 9.65. The van der Waals surface area contributed by atoms with Crippen LogP contribution in [0.25, 0.3) is 0 Å². The Balaban J connectivity index is 2.00. The Labute approximate surface area is 102 Å². The van der Waals surface area contributed by atoms with Gasteiger partial charge in [-0.1, -0.05) is 31.5 Å². The highest BCUT2D eigenvalue weighted by Crippen LogP contribution is 2.31. The van der Waals surface area contributed by atoms with Gasteiger partial charge in [-0.25, -0.2) is 0 Å². The summed E-state index contributed by atoms with van der Waals surface area (Å²) in [6.45, 7) is 0.481. The first-order valence-electron chi connectivity index (χ1n) is 6.27. The summed E-state index contributed by atoms with van der Waals surface area (Å²) in [7, 11) is 0. The summed E-state index contributed by atoms with van der Waals surface area (Å²) in [6, 6.07) is 0.398. The van der Waals surface area contributed by atoms with Crippen LogP contribution in [0.15, 0.2) is 0 Å². The second-order valence-corrected chi connectivity index (χ2v) is 5.52. The molecule has 16 heavy (non-hydrogen) atoms. The number of hydrogen-bond acceptors (Lipinski definition) is 2. The van der Waals surface area contributed by atoms with Crippen molar-refractivity contribution in [2.75, 3.05) is 6.54 Å². The molecule has 90 valence electrons. The van der Waals surface area contributed by atoms with Crippen molar-refractivity contribution >= 4 is 23.1 Å². The van der Waals surface area contributed by atoms with Crippen LogP contribution in [0.5, 0.6) is 0 Å². The van der Waals surface area contributed by atoms with Gasteiger partial charge in [-0.05, 0) is 25.7 Å². The van der Waals surface area contributed by atoms with Gasteiger partial charge in [-0.3, -0.25) is 4.79 Å². The van der Waals surface area contributed by atoms with Crippen LogP contribution in [0.2, 0.25) is 0 Å². The highest BCUT2D eigenvalue weighted by Gasteiger charge is 2.34. The number of nitrogens with two attached hydrogens (primary N) is 1. The molecule has 0 heterocycles. The van der Waals surface area contributed by atoms with E-state index in [1.807, 2.05) is 4.90 Å². The number of carbonyl (C=O) groups is 1. The summed E-state index contributed by atoms with van der Waals surface area (Å²) in [4.78, 5) is 14.7. The summed E-state index contributed by atoms with van der Waals surface area (Å²) in [5.41, 5.74) is 5.60. The third-order valence-electron chi connectivity index (χ3n) is 3.83. The standard InChI is InChI=1S/C12H20N2OS/c13-11(16)8-14(10-6-1-2-7-10)12(15)9-4-3-5-9/h9-10H,1-8H2,(H2,13,16). The molecule has 2 aliphatic carbocycles. The third-order valence-corrected chi connectivity index (χ3v) is 3.96. The van der Waals surface area contributed by atoms with Crippen LogP contribution in [0.3, 0.4) is 0 Å². The summed E-state index contributed by atoms with van der Waals surface area (Å²) in [5, 5.41) is 0. The summed E-state index contributed by atoms with van der Waals surface area (Å²) in [6.07, 6.45) is 8.02. The molecule has 3 nitrogen and oxygen atoms in total. The van der Waals surface area contributed by atoms with Crippen LogP contribution in [-0.4, -0.2) is 28.4 Å². The minimum absolute atomic E-state index is 0.259. The number of hydrogen-bond donors (Lipinski definition) is 1. The molecule has 0 bridgehead atoms. The fourth-order valence-electron chi connectivity index (χ4n) is 2.66. The van der Waals surface area contributed by atoms with Gasteiger partial charge in [0.2, 0.25) is 5.91 Å². The molecule has 0 atom stereocenters. The summed E-state index contributed by atoms with van der Waals surface area (Å²) >= 11 is 4.95. The minimum atomic E-state index is 0.259. The largest absolute Gasteiger partial charge is 0.392 e. The van der Waals surface area contributed by atoms with E-state index >= 15 is 0 Å². The van der Waals surface area contributed by atoms with Crippen molar-refractivity contribution in [1.29, 1.82) is 0 Å². The molecule has 1 amide bonds. The average Bonchev–Trinajstić information content (AvgIpc) is 2.63. The molecule has 0 aromatic heterocycles. The van der Waals surface area contributed by atoms with Gasteiger partial charge in [0.25, 0.3) is 0 Å². The van der Waals surface area contributed by atoms with Crippen LogP contribution < -0.4 is 5.73 Å². The predicted molar refractivity (Wildman–Crippen MR) is 68.1 cm³/mol. The van der Waals surface area contributed by atoms with Crippen molar-refractivity contribution in [2.45, 2.75) is 51.0 Å². The maximum Gasteiger partial charge on any atom is 0.226 e. The van der Waals surface area contributed by atoms with E-state index < -0.39 is 0 Å². The molecule has 2 fully saturated rings. The molecule has 0 spiro atoms. The first-order valence-corrected chi connectivity index (χ1v) is 6.68. The van der Waals surface area contributed by atoms with Gasteiger partial charge < -0.3 is 10.6 Å². The lowest BCUT2D eigenvalue weighted by molar-refractivity contribution is -0.139. The van der Waals surface area contributed by atoms with E-state index in [0.717, 1.165) is 25.7 Å². The fraction of sp³-hybridized carbons (Fsp3) is 0.833. The molecular weight excluding hydrogens is 220 g/mol. The fourth-order valence-corrected chi connectivity index (χ4v) is 2.80. The van der Waals surface area contributed by atoms with Gasteiger partial charge in [-0.15, -0.1) is 0 Å². The Morgan fingerprint density at radius 2 is 1.81 bits per heavy atom. The molecule has 0 aromatic rings. The van der Waals surface area contributed by atoms with Crippen molar-refractivity contribution in [3.05, 3.63) is 0 Å². The Morgan fingerprint density at radius 3 is 2.25 bits per heavy atom. The molecule has 2 N–H and O–H groups in total. The first-order chi connectivity index (χ1) is 7.68. The second kappa shape index (κ2) is 5.13. The molecule has 0 saturated heterocycles. The van der Waals surface area contributed by atoms with E-state index in [4.69, 9.17) is 18.0 Å². The molecular formula is C12H20N2OS. The number of amides is 1. The number of thiocarbonyl (C=S) groups is 1. The Bertz CT molecular complexity index is 283. The van der Waals surface area contributed by atoms with Gasteiger partial charge in [-0.2, -0.15) is 0 Å². The number of rotatable bonds is 4. The average molecular weight is 240 g/mol. The molecule has 0 radical (unpaired) electrons. The zero-order valence-corrected chi connectivity index (χ0v) is 10.5. The summed E-state index contributed by atoms with van der Waals surface area (Å²) < 4.78 is 0. The highest BCUT2D eigenvalue weighted by atomic mass is 32.1. The monoisotopic (exact) mass is 240 g/mol. The van der Waals surface area contributed by atoms with Crippen LogP contribution in [0, 0.1) is 5.92 Å². The number of nitrogens with zero attached hydrogens (tertiary/aromatic N) is 1. The van der Waals surface area contributed by atoms with E-state index in [2.05, 4.69) is 0 Å². The van der Waals surface area contributed by atoms with Gasteiger partial charge in [0.1, 0.15) is 0 Å². The molecule has 0 unspecified atom stereocenters. The van der Waals surface area contributed by atoms with E-state index in [-0.39, 0.29) is 5.92 Å². The van der Waals surface area contributed by atoms with E-state index in [1.54, 1.807) is 0 Å². The lowest BCUT2D eigenvalue weighted by atomic mass is 9.84. The van der Waals surface area contributed by atoms with Crippen molar-refractivity contribution in [2.24, 2.45) is 11.7 Å². The van der Waals surface area contributed by atoms with Gasteiger partial charge in [0.15, 0.2) is 0 Å². The number of carbonyl (C=O) groups excluding carboxylic acids is 1. The van der Waals surface area contributed by atoms with Crippen LogP contribution >= 0.6 is 12.2 Å². The molecule has 2 saturated carbocycles.